The third kappa shape index (κ3) is 3.74. The zero-order valence-electron chi connectivity index (χ0n) is 15.4. The Labute approximate surface area is 163 Å². The average Bonchev–Trinajstić information content (AvgIpc) is 2.99. The van der Waals surface area contributed by atoms with Gasteiger partial charge in [0.05, 0.1) is 17.6 Å². The third-order valence-corrected chi connectivity index (χ3v) is 5.22. The summed E-state index contributed by atoms with van der Waals surface area (Å²) in [7, 11) is 0. The van der Waals surface area contributed by atoms with Crippen molar-refractivity contribution in [1.82, 2.24) is 9.97 Å². The van der Waals surface area contributed by atoms with Crippen molar-refractivity contribution in [2.24, 2.45) is 0 Å². The Bertz CT molecular complexity index is 1100. The number of hydrogen-bond acceptors (Lipinski definition) is 8. The number of phenols is 1. The maximum atomic E-state index is 12.5. The van der Waals surface area contributed by atoms with E-state index in [-0.39, 0.29) is 23.7 Å². The molecule has 146 valence electrons. The van der Waals surface area contributed by atoms with E-state index in [4.69, 9.17) is 9.47 Å². The van der Waals surface area contributed by atoms with Crippen molar-refractivity contribution in [2.75, 3.05) is 6.61 Å². The number of aromatic amines is 1. The molecule has 28 heavy (non-hydrogen) atoms. The van der Waals surface area contributed by atoms with Gasteiger partial charge in [-0.15, -0.1) is 11.3 Å². The highest BCUT2D eigenvalue weighted by atomic mass is 32.1. The number of phenolic OH excluding ortho intramolecular Hbond substituents is 1. The summed E-state index contributed by atoms with van der Waals surface area (Å²) in [6.07, 6.45) is -0.827. The molecule has 2 heterocycles. The molecule has 0 radical (unpaired) electrons. The van der Waals surface area contributed by atoms with Crippen molar-refractivity contribution in [3.05, 3.63) is 56.4 Å². The molecule has 3 aromatic rings. The van der Waals surface area contributed by atoms with Crippen molar-refractivity contribution in [2.45, 2.75) is 26.9 Å². The summed E-state index contributed by atoms with van der Waals surface area (Å²) in [6.45, 7) is 5.17. The fraction of sp³-hybridized carbons (Fsp3) is 0.263. The van der Waals surface area contributed by atoms with E-state index in [1.54, 1.807) is 20.8 Å². The zero-order chi connectivity index (χ0) is 20.4. The van der Waals surface area contributed by atoms with Gasteiger partial charge in [-0.2, -0.15) is 0 Å². The first-order chi connectivity index (χ1) is 13.3. The molecule has 1 atom stereocenters. The first kappa shape index (κ1) is 19.6. The summed E-state index contributed by atoms with van der Waals surface area (Å²) >= 11 is 1.06. The molecule has 9 heteroatoms. The molecule has 2 aromatic heterocycles. The van der Waals surface area contributed by atoms with Crippen LogP contribution in [0.4, 0.5) is 0 Å². The Morgan fingerprint density at radius 2 is 1.93 bits per heavy atom. The number of carbonyl (C=O) groups excluding carboxylic acids is 2. The van der Waals surface area contributed by atoms with Gasteiger partial charge in [0, 0.05) is 0 Å². The summed E-state index contributed by atoms with van der Waals surface area (Å²) in [6, 6.07) is 5.60. The molecule has 0 saturated heterocycles. The Morgan fingerprint density at radius 3 is 2.57 bits per heavy atom. The highest BCUT2D eigenvalue weighted by molar-refractivity contribution is 7.20. The van der Waals surface area contributed by atoms with Gasteiger partial charge in [-0.05, 0) is 50.6 Å². The topological polar surface area (TPSA) is 119 Å². The number of esters is 2. The molecule has 0 aliphatic rings. The lowest BCUT2D eigenvalue weighted by Gasteiger charge is -2.12. The minimum Gasteiger partial charge on any atom is -0.508 e. The van der Waals surface area contributed by atoms with Crippen LogP contribution >= 0.6 is 11.3 Å². The summed E-state index contributed by atoms with van der Waals surface area (Å²) in [5.41, 5.74) is 0.342. The number of nitrogens with zero attached hydrogens (tertiary/aromatic N) is 1. The van der Waals surface area contributed by atoms with Crippen LogP contribution in [-0.4, -0.2) is 33.6 Å². The number of thiophene rings is 1. The Hall–Kier alpha value is -3.20. The van der Waals surface area contributed by atoms with E-state index < -0.39 is 23.6 Å². The maximum absolute atomic E-state index is 12.5. The smallest absolute Gasteiger partial charge is 0.348 e. The van der Waals surface area contributed by atoms with E-state index >= 15 is 0 Å². The molecule has 0 aliphatic heterocycles. The van der Waals surface area contributed by atoms with Gasteiger partial charge in [0.2, 0.25) is 0 Å². The van der Waals surface area contributed by atoms with Crippen molar-refractivity contribution in [3.8, 4) is 5.75 Å². The van der Waals surface area contributed by atoms with Crippen LogP contribution in [0.15, 0.2) is 29.1 Å². The van der Waals surface area contributed by atoms with Gasteiger partial charge in [-0.1, -0.05) is 0 Å². The predicted molar refractivity (Wildman–Crippen MR) is 103 cm³/mol. The van der Waals surface area contributed by atoms with Crippen LogP contribution in [0.1, 0.15) is 51.4 Å². The zero-order valence-corrected chi connectivity index (χ0v) is 16.3. The second-order valence-corrected chi connectivity index (χ2v) is 7.00. The number of ether oxygens (including phenoxy) is 2. The molecule has 0 aliphatic carbocycles. The fourth-order valence-electron chi connectivity index (χ4n) is 2.63. The first-order valence-electron chi connectivity index (χ1n) is 8.52. The quantitative estimate of drug-likeness (QED) is 0.630. The van der Waals surface area contributed by atoms with Crippen molar-refractivity contribution in [1.29, 1.82) is 0 Å². The number of rotatable bonds is 5. The van der Waals surface area contributed by atoms with Gasteiger partial charge < -0.3 is 19.6 Å². The number of aromatic hydroxyl groups is 1. The summed E-state index contributed by atoms with van der Waals surface area (Å²) in [4.78, 5) is 44.4. The number of aryl methyl sites for hydroxylation is 1. The first-order valence-corrected chi connectivity index (χ1v) is 9.34. The molecular weight excluding hydrogens is 384 g/mol. The number of aromatic nitrogens is 2. The van der Waals surface area contributed by atoms with Crippen LogP contribution in [0.3, 0.4) is 0 Å². The standard InChI is InChI=1S/C19H18N2O6S/c1-4-26-19(25)14-9(2)13-16(23)20-15(21-17(13)28-14)10(3)27-18(24)11-5-7-12(22)8-6-11/h5-8,10,22H,4H2,1-3H3,(H,20,21,23)/t10-/m0/s1. The largest absolute Gasteiger partial charge is 0.508 e. The number of hydrogen-bond donors (Lipinski definition) is 2. The van der Waals surface area contributed by atoms with E-state index in [0.29, 0.717) is 20.7 Å². The van der Waals surface area contributed by atoms with Crippen LogP contribution < -0.4 is 5.56 Å². The van der Waals surface area contributed by atoms with Crippen LogP contribution in [0, 0.1) is 6.92 Å². The SMILES string of the molecule is CCOC(=O)c1sc2nc([C@H](C)OC(=O)c3ccc(O)cc3)[nH]c(=O)c2c1C. The molecule has 0 saturated carbocycles. The molecule has 2 N–H and O–H groups in total. The van der Waals surface area contributed by atoms with Gasteiger partial charge in [0.1, 0.15) is 15.5 Å². The monoisotopic (exact) mass is 402 g/mol. The highest BCUT2D eigenvalue weighted by Gasteiger charge is 2.22. The average molecular weight is 402 g/mol. The van der Waals surface area contributed by atoms with Crippen molar-refractivity contribution >= 4 is 33.5 Å². The molecule has 0 fully saturated rings. The second-order valence-electron chi connectivity index (χ2n) is 6.00. The van der Waals surface area contributed by atoms with Gasteiger partial charge in [0.15, 0.2) is 11.9 Å². The molecule has 0 bridgehead atoms. The summed E-state index contributed by atoms with van der Waals surface area (Å²) < 4.78 is 10.4. The van der Waals surface area contributed by atoms with E-state index in [9.17, 15) is 19.5 Å². The third-order valence-electron chi connectivity index (χ3n) is 4.05. The lowest BCUT2D eigenvalue weighted by Crippen LogP contribution is -2.17. The lowest BCUT2D eigenvalue weighted by atomic mass is 10.2. The minimum atomic E-state index is -0.827. The maximum Gasteiger partial charge on any atom is 0.348 e. The molecule has 0 amide bonds. The van der Waals surface area contributed by atoms with Gasteiger partial charge in [0.25, 0.3) is 5.56 Å². The molecule has 3 rings (SSSR count). The van der Waals surface area contributed by atoms with E-state index in [0.717, 1.165) is 11.3 Å². The molecule has 8 nitrogen and oxygen atoms in total. The highest BCUT2D eigenvalue weighted by Crippen LogP contribution is 2.28. The summed E-state index contributed by atoms with van der Waals surface area (Å²) in [5, 5.41) is 9.61. The number of H-pyrrole nitrogens is 1. The number of benzene rings is 1. The van der Waals surface area contributed by atoms with Gasteiger partial charge >= 0.3 is 11.9 Å². The number of nitrogens with one attached hydrogen (secondary N) is 1. The molecular formula is C19H18N2O6S. The Balaban J connectivity index is 1.90. The van der Waals surface area contributed by atoms with E-state index in [1.165, 1.54) is 24.3 Å². The van der Waals surface area contributed by atoms with Gasteiger partial charge in [-0.3, -0.25) is 4.79 Å². The van der Waals surface area contributed by atoms with Crippen molar-refractivity contribution in [3.63, 3.8) is 0 Å². The van der Waals surface area contributed by atoms with Crippen LogP contribution in [0.2, 0.25) is 0 Å². The predicted octanol–water partition coefficient (Wildman–Crippen LogP) is 3.09. The molecule has 0 spiro atoms. The Kier molecular flexibility index (Phi) is 5.46. The van der Waals surface area contributed by atoms with Crippen LogP contribution in [0.5, 0.6) is 5.75 Å². The number of fused-ring (bicyclic) bond motifs is 1. The van der Waals surface area contributed by atoms with E-state index in [1.807, 2.05) is 0 Å². The lowest BCUT2D eigenvalue weighted by molar-refractivity contribution is 0.0319. The normalized spacial score (nSPS) is 12.0. The van der Waals surface area contributed by atoms with Gasteiger partial charge in [-0.25, -0.2) is 14.6 Å². The van der Waals surface area contributed by atoms with E-state index in [2.05, 4.69) is 9.97 Å². The molecule has 1 aromatic carbocycles. The minimum absolute atomic E-state index is 0.0338. The Morgan fingerprint density at radius 1 is 1.25 bits per heavy atom. The second kappa shape index (κ2) is 7.81. The van der Waals surface area contributed by atoms with Crippen LogP contribution in [-0.2, 0) is 9.47 Å². The van der Waals surface area contributed by atoms with Crippen LogP contribution in [0.25, 0.3) is 10.2 Å². The van der Waals surface area contributed by atoms with Crippen molar-refractivity contribution < 1.29 is 24.2 Å². The summed E-state index contributed by atoms with van der Waals surface area (Å²) in [5.74, 6) is -0.923. The molecule has 0 unspecified atom stereocenters. The fourth-order valence-corrected chi connectivity index (χ4v) is 3.71. The number of carbonyl (C=O) groups is 2.